The van der Waals surface area contributed by atoms with Gasteiger partial charge in [-0.05, 0) is 50.8 Å². The standard InChI is InChI=1S/C22H33N5OS/c1-4-23-22(25-19-10-8-11-20(15-19)29(28)5-2)24-16-18-9-6-7-12-21(18)27-14-13-17(3)26-27/h6-7,9,12-14,19-20H,4-5,8,10-11,15-16H2,1-3H3,(H2,23,24,25). The minimum atomic E-state index is -0.718. The van der Waals surface area contributed by atoms with Crippen LogP contribution in [0.2, 0.25) is 0 Å². The molecule has 29 heavy (non-hydrogen) atoms. The van der Waals surface area contributed by atoms with Gasteiger partial charge >= 0.3 is 0 Å². The van der Waals surface area contributed by atoms with E-state index in [0.717, 1.165) is 60.9 Å². The van der Waals surface area contributed by atoms with Gasteiger partial charge in [-0.1, -0.05) is 31.5 Å². The van der Waals surface area contributed by atoms with Crippen molar-refractivity contribution in [3.63, 3.8) is 0 Å². The Kier molecular flexibility index (Phi) is 7.86. The molecule has 1 aliphatic carbocycles. The summed E-state index contributed by atoms with van der Waals surface area (Å²) in [5.74, 6) is 1.57. The first-order valence-electron chi connectivity index (χ1n) is 10.6. The molecule has 0 bridgehead atoms. The molecule has 0 saturated heterocycles. The minimum Gasteiger partial charge on any atom is -0.357 e. The van der Waals surface area contributed by atoms with Crippen LogP contribution in [0.15, 0.2) is 41.5 Å². The second kappa shape index (κ2) is 10.6. The first-order chi connectivity index (χ1) is 14.1. The lowest BCUT2D eigenvalue weighted by Gasteiger charge is -2.30. The summed E-state index contributed by atoms with van der Waals surface area (Å²) in [5.41, 5.74) is 3.17. The maximum atomic E-state index is 12.2. The number of guanidine groups is 1. The third-order valence-corrected chi connectivity index (χ3v) is 7.08. The molecular formula is C22H33N5OS. The van der Waals surface area contributed by atoms with Crippen molar-refractivity contribution < 1.29 is 4.21 Å². The van der Waals surface area contributed by atoms with E-state index in [1.54, 1.807) is 0 Å². The number of aryl methyl sites for hydroxylation is 1. The summed E-state index contributed by atoms with van der Waals surface area (Å²) in [6, 6.07) is 10.6. The highest BCUT2D eigenvalue weighted by Gasteiger charge is 2.26. The summed E-state index contributed by atoms with van der Waals surface area (Å²) >= 11 is 0. The summed E-state index contributed by atoms with van der Waals surface area (Å²) in [5, 5.41) is 11.8. The number of aliphatic imine (C=N–C) groups is 1. The van der Waals surface area contributed by atoms with Crippen molar-refractivity contribution in [2.45, 2.75) is 64.3 Å². The molecule has 1 aliphatic rings. The molecule has 1 aromatic heterocycles. The third kappa shape index (κ3) is 5.92. The molecule has 158 valence electrons. The number of hydrogen-bond donors (Lipinski definition) is 2. The highest BCUT2D eigenvalue weighted by atomic mass is 32.2. The van der Waals surface area contributed by atoms with Crippen molar-refractivity contribution in [1.29, 1.82) is 0 Å². The second-order valence-corrected chi connectivity index (χ2v) is 9.53. The SMILES string of the molecule is CCNC(=NCc1ccccc1-n1ccc(C)n1)NC1CCCC(S(=O)CC)C1. The summed E-state index contributed by atoms with van der Waals surface area (Å²) in [4.78, 5) is 4.84. The Hall–Kier alpha value is -2.15. The lowest BCUT2D eigenvalue weighted by Crippen LogP contribution is -2.46. The van der Waals surface area contributed by atoms with Crippen LogP contribution in [0.4, 0.5) is 0 Å². The van der Waals surface area contributed by atoms with E-state index >= 15 is 0 Å². The zero-order chi connectivity index (χ0) is 20.6. The molecule has 0 radical (unpaired) electrons. The van der Waals surface area contributed by atoms with E-state index in [4.69, 9.17) is 4.99 Å². The maximum absolute atomic E-state index is 12.2. The third-order valence-electron chi connectivity index (χ3n) is 5.34. The van der Waals surface area contributed by atoms with E-state index in [-0.39, 0.29) is 0 Å². The van der Waals surface area contributed by atoms with Gasteiger partial charge in [-0.15, -0.1) is 0 Å². The highest BCUT2D eigenvalue weighted by Crippen LogP contribution is 2.23. The van der Waals surface area contributed by atoms with Gasteiger partial charge < -0.3 is 10.6 Å². The van der Waals surface area contributed by atoms with Crippen LogP contribution in [0, 0.1) is 6.92 Å². The monoisotopic (exact) mass is 415 g/mol. The van der Waals surface area contributed by atoms with E-state index in [9.17, 15) is 4.21 Å². The van der Waals surface area contributed by atoms with E-state index < -0.39 is 10.8 Å². The predicted octanol–water partition coefficient (Wildman–Crippen LogP) is 3.32. The summed E-state index contributed by atoms with van der Waals surface area (Å²) in [6.07, 6.45) is 6.23. The molecule has 7 heteroatoms. The van der Waals surface area contributed by atoms with Crippen LogP contribution < -0.4 is 10.6 Å². The Labute approximate surface area is 176 Å². The van der Waals surface area contributed by atoms with Crippen molar-refractivity contribution in [1.82, 2.24) is 20.4 Å². The smallest absolute Gasteiger partial charge is 0.191 e. The molecule has 2 N–H and O–H groups in total. The van der Waals surface area contributed by atoms with Crippen molar-refractivity contribution in [3.8, 4) is 5.69 Å². The number of benzene rings is 1. The van der Waals surface area contributed by atoms with Crippen LogP contribution in [0.5, 0.6) is 0 Å². The van der Waals surface area contributed by atoms with Crippen molar-refractivity contribution in [3.05, 3.63) is 47.8 Å². The Bertz CT molecular complexity index is 847. The summed E-state index contributed by atoms with van der Waals surface area (Å²) < 4.78 is 14.1. The zero-order valence-electron chi connectivity index (χ0n) is 17.7. The van der Waals surface area contributed by atoms with Crippen LogP contribution in [0.25, 0.3) is 5.69 Å². The predicted molar refractivity (Wildman–Crippen MR) is 121 cm³/mol. The zero-order valence-corrected chi connectivity index (χ0v) is 18.5. The summed E-state index contributed by atoms with van der Waals surface area (Å²) in [6.45, 7) is 7.46. The van der Waals surface area contributed by atoms with Gasteiger partial charge in [0.15, 0.2) is 5.96 Å². The molecule has 6 nitrogen and oxygen atoms in total. The number of nitrogens with zero attached hydrogens (tertiary/aromatic N) is 3. The van der Waals surface area contributed by atoms with Crippen LogP contribution in [0.3, 0.4) is 0 Å². The van der Waals surface area contributed by atoms with Crippen molar-refractivity contribution >= 4 is 16.8 Å². The van der Waals surface area contributed by atoms with Crippen LogP contribution in [-0.4, -0.2) is 43.5 Å². The quantitative estimate of drug-likeness (QED) is 0.538. The number of hydrogen-bond acceptors (Lipinski definition) is 3. The summed E-state index contributed by atoms with van der Waals surface area (Å²) in [7, 11) is -0.718. The Morgan fingerprint density at radius 3 is 2.83 bits per heavy atom. The molecule has 1 heterocycles. The van der Waals surface area contributed by atoms with Gasteiger partial charge in [0.1, 0.15) is 0 Å². The number of rotatable bonds is 7. The molecule has 0 spiro atoms. The highest BCUT2D eigenvalue weighted by molar-refractivity contribution is 7.85. The molecule has 1 saturated carbocycles. The van der Waals surface area contributed by atoms with Gasteiger partial charge in [-0.2, -0.15) is 5.10 Å². The lowest BCUT2D eigenvalue weighted by atomic mass is 9.95. The number of aromatic nitrogens is 2. The van der Waals surface area contributed by atoms with Gasteiger partial charge in [0.05, 0.1) is 17.9 Å². The molecule has 1 fully saturated rings. The first-order valence-corrected chi connectivity index (χ1v) is 12.0. The van der Waals surface area contributed by atoms with E-state index in [1.807, 2.05) is 42.9 Å². The molecule has 0 aliphatic heterocycles. The van der Waals surface area contributed by atoms with Crippen LogP contribution in [-0.2, 0) is 17.3 Å². The van der Waals surface area contributed by atoms with Gasteiger partial charge in [0.2, 0.25) is 0 Å². The second-order valence-electron chi connectivity index (χ2n) is 7.52. The van der Waals surface area contributed by atoms with E-state index in [2.05, 4.69) is 34.8 Å². The Morgan fingerprint density at radius 1 is 1.28 bits per heavy atom. The lowest BCUT2D eigenvalue weighted by molar-refractivity contribution is 0.413. The topological polar surface area (TPSA) is 71.3 Å². The fourth-order valence-electron chi connectivity index (χ4n) is 3.85. The maximum Gasteiger partial charge on any atom is 0.191 e. The Morgan fingerprint density at radius 2 is 2.10 bits per heavy atom. The average molecular weight is 416 g/mol. The molecule has 1 aromatic carbocycles. The van der Waals surface area contributed by atoms with Crippen LogP contribution >= 0.6 is 0 Å². The van der Waals surface area contributed by atoms with Gasteiger partial charge in [0, 0.05) is 40.6 Å². The molecular weight excluding hydrogens is 382 g/mol. The first kappa shape index (κ1) is 21.6. The fraction of sp³-hybridized carbons (Fsp3) is 0.545. The van der Waals surface area contributed by atoms with Crippen molar-refractivity contribution in [2.24, 2.45) is 4.99 Å². The number of para-hydroxylation sites is 1. The van der Waals surface area contributed by atoms with Crippen LogP contribution in [0.1, 0.15) is 50.8 Å². The molecule has 3 unspecified atom stereocenters. The molecule has 2 aromatic rings. The van der Waals surface area contributed by atoms with Gasteiger partial charge in [-0.3, -0.25) is 4.21 Å². The molecule has 0 amide bonds. The average Bonchev–Trinajstić information content (AvgIpc) is 3.18. The van der Waals surface area contributed by atoms with Gasteiger partial charge in [0.25, 0.3) is 0 Å². The minimum absolute atomic E-state index is 0.304. The molecule has 3 rings (SSSR count). The van der Waals surface area contributed by atoms with Gasteiger partial charge in [-0.25, -0.2) is 9.67 Å². The molecule has 3 atom stereocenters. The van der Waals surface area contributed by atoms with E-state index in [1.165, 1.54) is 0 Å². The fourth-order valence-corrected chi connectivity index (χ4v) is 5.19. The number of nitrogens with one attached hydrogen (secondary N) is 2. The van der Waals surface area contributed by atoms with Crippen molar-refractivity contribution in [2.75, 3.05) is 12.3 Å². The van der Waals surface area contributed by atoms with E-state index in [0.29, 0.717) is 17.8 Å². The largest absolute Gasteiger partial charge is 0.357 e. The normalized spacial score (nSPS) is 21.0. The Balaban J connectivity index is 1.71.